The first-order chi connectivity index (χ1) is 42.1. The maximum atomic E-state index is 2.55. The number of fused-ring (bicyclic) bond motifs is 6. The molecule has 15 rings (SSSR count). The minimum atomic E-state index is -0.226. The average molecular weight is 1100 g/mol. The Morgan fingerprint density at radius 1 is 0.186 bits per heavy atom. The molecule has 2 nitrogen and oxygen atoms in total. The van der Waals surface area contributed by atoms with Crippen LogP contribution in [-0.4, -0.2) is 0 Å². The maximum Gasteiger partial charge on any atom is 0.0462 e. The van der Waals surface area contributed by atoms with Crippen LogP contribution in [0.5, 0.6) is 0 Å². The van der Waals surface area contributed by atoms with Gasteiger partial charge in [0.05, 0.1) is 0 Å². The smallest absolute Gasteiger partial charge is 0.0462 e. The van der Waals surface area contributed by atoms with Crippen molar-refractivity contribution in [1.29, 1.82) is 0 Å². The molecule has 0 saturated carbocycles. The van der Waals surface area contributed by atoms with Gasteiger partial charge in [0.2, 0.25) is 0 Å². The van der Waals surface area contributed by atoms with Gasteiger partial charge in [0.25, 0.3) is 0 Å². The molecule has 0 saturated heterocycles. The molecule has 2 aliphatic carbocycles. The molecule has 0 heterocycles. The van der Waals surface area contributed by atoms with Gasteiger partial charge in [-0.15, -0.1) is 0 Å². The second-order valence-electron chi connectivity index (χ2n) is 24.1. The van der Waals surface area contributed by atoms with Crippen LogP contribution < -0.4 is 9.80 Å². The van der Waals surface area contributed by atoms with Crippen molar-refractivity contribution in [3.05, 3.63) is 338 Å². The first-order valence-corrected chi connectivity index (χ1v) is 30.0. The van der Waals surface area contributed by atoms with E-state index in [1.807, 2.05) is 0 Å². The summed E-state index contributed by atoms with van der Waals surface area (Å²) in [7, 11) is 0. The summed E-state index contributed by atoms with van der Waals surface area (Å²) in [4.78, 5) is 4.74. The fraction of sp³-hybridized carbons (Fsp3) is 0.0714. The SMILES string of the molecule is CC1(C)c2cc(-c3ccc(N(c4ccc(-c5ccccc5)cc4)c4ccc(-c5ccccc5)cc4)cc3)ccc2-c2cc3c(cc21)-c1c(-c2ccc(N(c4ccc(-c5ccccc5)cc4)c4ccc(-c5ccccc5)cc4)cc2)cccc1C3(C)C. The molecule has 0 amide bonds. The molecule has 0 N–H and O–H groups in total. The van der Waals surface area contributed by atoms with Crippen LogP contribution in [-0.2, 0) is 10.8 Å². The summed E-state index contributed by atoms with van der Waals surface area (Å²) < 4.78 is 0. The summed E-state index contributed by atoms with van der Waals surface area (Å²) in [6, 6.07) is 116. The van der Waals surface area contributed by atoms with E-state index in [9.17, 15) is 0 Å². The van der Waals surface area contributed by atoms with Crippen molar-refractivity contribution in [2.45, 2.75) is 38.5 Å². The van der Waals surface area contributed by atoms with E-state index in [1.165, 1.54) is 111 Å². The monoisotopic (exact) mass is 1100 g/mol. The molecule has 410 valence electrons. The largest absolute Gasteiger partial charge is 0.311 e. The van der Waals surface area contributed by atoms with Crippen LogP contribution in [0.3, 0.4) is 0 Å². The predicted molar refractivity (Wildman–Crippen MR) is 364 cm³/mol. The van der Waals surface area contributed by atoms with Crippen LogP contribution >= 0.6 is 0 Å². The van der Waals surface area contributed by atoms with E-state index in [1.54, 1.807) is 0 Å². The van der Waals surface area contributed by atoms with E-state index in [0.717, 1.165) is 34.1 Å². The van der Waals surface area contributed by atoms with E-state index in [-0.39, 0.29) is 10.8 Å². The van der Waals surface area contributed by atoms with Gasteiger partial charge in [-0.2, -0.15) is 0 Å². The summed E-state index contributed by atoms with van der Waals surface area (Å²) in [5.74, 6) is 0. The highest BCUT2D eigenvalue weighted by atomic mass is 15.1. The molecule has 0 unspecified atom stereocenters. The maximum absolute atomic E-state index is 2.55. The van der Waals surface area contributed by atoms with Crippen LogP contribution in [0.4, 0.5) is 34.1 Å². The lowest BCUT2D eigenvalue weighted by molar-refractivity contribution is 0.652. The molecule has 0 spiro atoms. The number of rotatable bonds is 12. The highest BCUT2D eigenvalue weighted by molar-refractivity contribution is 5.97. The van der Waals surface area contributed by atoms with Crippen LogP contribution in [0.2, 0.25) is 0 Å². The van der Waals surface area contributed by atoms with Crippen LogP contribution in [0.25, 0.3) is 89.0 Å². The number of benzene rings is 13. The van der Waals surface area contributed by atoms with E-state index in [2.05, 4.69) is 353 Å². The van der Waals surface area contributed by atoms with E-state index in [0.29, 0.717) is 0 Å². The van der Waals surface area contributed by atoms with Crippen molar-refractivity contribution in [1.82, 2.24) is 0 Å². The second-order valence-corrected chi connectivity index (χ2v) is 24.1. The van der Waals surface area contributed by atoms with Gasteiger partial charge in [0.15, 0.2) is 0 Å². The molecule has 2 aliphatic rings. The fourth-order valence-corrected chi connectivity index (χ4v) is 13.7. The van der Waals surface area contributed by atoms with E-state index in [4.69, 9.17) is 0 Å². The summed E-state index contributed by atoms with van der Waals surface area (Å²) >= 11 is 0. The van der Waals surface area contributed by atoms with E-state index >= 15 is 0 Å². The Balaban J connectivity index is 0.743. The summed E-state index contributed by atoms with van der Waals surface area (Å²) in [6.07, 6.45) is 0. The quantitative estimate of drug-likeness (QED) is 0.120. The van der Waals surface area contributed by atoms with Crippen molar-refractivity contribution in [3.8, 4) is 89.0 Å². The predicted octanol–water partition coefficient (Wildman–Crippen LogP) is 23.2. The van der Waals surface area contributed by atoms with Gasteiger partial charge in [-0.1, -0.05) is 252 Å². The Morgan fingerprint density at radius 2 is 0.465 bits per heavy atom. The lowest BCUT2D eigenvalue weighted by Crippen LogP contribution is -2.17. The van der Waals surface area contributed by atoms with Gasteiger partial charge in [-0.3, -0.25) is 0 Å². The second kappa shape index (κ2) is 21.3. The number of anilines is 6. The first kappa shape index (κ1) is 52.3. The first-order valence-electron chi connectivity index (χ1n) is 30.0. The summed E-state index contributed by atoms with van der Waals surface area (Å²) in [6.45, 7) is 9.66. The molecule has 0 aliphatic heterocycles. The van der Waals surface area contributed by atoms with Gasteiger partial charge in [0.1, 0.15) is 0 Å². The lowest BCUT2D eigenvalue weighted by Gasteiger charge is -2.26. The molecular weight excluding hydrogens is 1040 g/mol. The Hall–Kier alpha value is -10.5. The van der Waals surface area contributed by atoms with Crippen molar-refractivity contribution >= 4 is 34.1 Å². The van der Waals surface area contributed by atoms with Crippen molar-refractivity contribution < 1.29 is 0 Å². The summed E-state index contributed by atoms with van der Waals surface area (Å²) in [5.41, 5.74) is 31.6. The van der Waals surface area contributed by atoms with Crippen LogP contribution in [0.15, 0.2) is 315 Å². The molecule has 13 aromatic rings. The van der Waals surface area contributed by atoms with Gasteiger partial charge in [-0.25, -0.2) is 0 Å². The third-order valence-corrected chi connectivity index (χ3v) is 18.3. The molecule has 0 atom stereocenters. The molecule has 0 aromatic heterocycles. The van der Waals surface area contributed by atoms with Crippen LogP contribution in [0.1, 0.15) is 49.9 Å². The summed E-state index contributed by atoms with van der Waals surface area (Å²) in [5, 5.41) is 0. The highest BCUT2D eigenvalue weighted by Gasteiger charge is 2.42. The standard InChI is InChI=1S/C84H64N2/c1-83(2)78-27-17-26-74(66-38-51-73(52-39-66)86(70-45-32-63(33-46-70)59-22-13-7-14-23-59)71-47-34-64(35-48-71)60-24-15-8-16-25-60)82(78)77-56-80-76(55-81(77)83)75-53-40-67(54-79(75)84(80,3)4)65-36-49-72(50-37-65)85(68-41-28-61(29-42-68)57-18-9-5-10-19-57)69-43-30-62(31-44-69)58-20-11-6-12-21-58/h5-56H,1-4H3. The molecule has 0 radical (unpaired) electrons. The van der Waals surface area contributed by atoms with E-state index < -0.39 is 0 Å². The molecule has 0 fully saturated rings. The number of hydrogen-bond acceptors (Lipinski definition) is 2. The lowest BCUT2D eigenvalue weighted by atomic mass is 9.79. The Kier molecular flexibility index (Phi) is 12.9. The zero-order valence-corrected chi connectivity index (χ0v) is 48.9. The zero-order valence-electron chi connectivity index (χ0n) is 48.9. The highest BCUT2D eigenvalue weighted by Crippen LogP contribution is 2.58. The molecule has 13 aromatic carbocycles. The third kappa shape index (κ3) is 9.23. The zero-order chi connectivity index (χ0) is 57.9. The van der Waals surface area contributed by atoms with Gasteiger partial charge in [-0.05, 0) is 202 Å². The molecule has 86 heavy (non-hydrogen) atoms. The van der Waals surface area contributed by atoms with Gasteiger partial charge in [0, 0.05) is 45.0 Å². The average Bonchev–Trinajstić information content (AvgIpc) is 1.77. The van der Waals surface area contributed by atoms with Crippen molar-refractivity contribution in [3.63, 3.8) is 0 Å². The van der Waals surface area contributed by atoms with Gasteiger partial charge >= 0.3 is 0 Å². The molecule has 0 bridgehead atoms. The minimum absolute atomic E-state index is 0.194. The molecule has 2 heteroatoms. The Morgan fingerprint density at radius 3 is 0.837 bits per heavy atom. The molecular formula is C84H64N2. The Labute approximate surface area is 506 Å². The number of hydrogen-bond donors (Lipinski definition) is 0. The third-order valence-electron chi connectivity index (χ3n) is 18.3. The van der Waals surface area contributed by atoms with Crippen LogP contribution in [0, 0.1) is 0 Å². The fourth-order valence-electron chi connectivity index (χ4n) is 13.7. The normalized spacial score (nSPS) is 13.1. The Bertz CT molecular complexity index is 4420. The van der Waals surface area contributed by atoms with Crippen molar-refractivity contribution in [2.24, 2.45) is 0 Å². The van der Waals surface area contributed by atoms with Gasteiger partial charge < -0.3 is 9.80 Å². The number of nitrogens with zero attached hydrogens (tertiary/aromatic N) is 2. The van der Waals surface area contributed by atoms with Crippen molar-refractivity contribution in [2.75, 3.05) is 9.80 Å². The topological polar surface area (TPSA) is 6.48 Å². The minimum Gasteiger partial charge on any atom is -0.311 e.